The zero-order valence-electron chi connectivity index (χ0n) is 21.8. The van der Waals surface area contributed by atoms with E-state index in [0.717, 1.165) is 38.5 Å². The Balaban J connectivity index is 1.38. The molecule has 4 aliphatic carbocycles. The molecule has 8 nitrogen and oxygen atoms in total. The van der Waals surface area contributed by atoms with Crippen molar-refractivity contribution in [3.8, 4) is 0 Å². The van der Waals surface area contributed by atoms with Crippen LogP contribution in [0.5, 0.6) is 0 Å². The molecule has 8 heteroatoms. The van der Waals surface area contributed by atoms with Crippen LogP contribution in [0.3, 0.4) is 0 Å². The van der Waals surface area contributed by atoms with Crippen LogP contribution in [-0.4, -0.2) is 28.2 Å². The summed E-state index contributed by atoms with van der Waals surface area (Å²) in [6, 6.07) is 6.29. The summed E-state index contributed by atoms with van der Waals surface area (Å²) >= 11 is 0. The number of carbonyl (C=O) groups is 3. The van der Waals surface area contributed by atoms with E-state index in [9.17, 15) is 24.5 Å². The maximum atomic E-state index is 13.3. The lowest BCUT2D eigenvalue weighted by molar-refractivity contribution is -0.763. The minimum atomic E-state index is -1.17. The summed E-state index contributed by atoms with van der Waals surface area (Å²) < 4.78 is 6.20. The van der Waals surface area contributed by atoms with Crippen LogP contribution in [0.4, 0.5) is 0 Å². The Morgan fingerprint density at radius 1 is 1.03 bits per heavy atom. The number of rotatable bonds is 6. The number of nitrogens with zero attached hydrogens (tertiary/aromatic N) is 1. The van der Waals surface area contributed by atoms with Crippen molar-refractivity contribution in [2.24, 2.45) is 28.6 Å². The third-order valence-corrected chi connectivity index (χ3v) is 10.4. The average molecular weight is 510 g/mol. The first-order valence-corrected chi connectivity index (χ1v) is 13.3. The predicted molar refractivity (Wildman–Crippen MR) is 134 cm³/mol. The largest absolute Gasteiger partial charge is 0.447 e. The molecule has 0 unspecified atom stereocenters. The van der Waals surface area contributed by atoms with Crippen LogP contribution in [0.25, 0.3) is 0 Å². The smallest absolute Gasteiger partial charge is 0.339 e. The highest BCUT2D eigenvalue weighted by molar-refractivity contribution is 5.95. The van der Waals surface area contributed by atoms with E-state index >= 15 is 0 Å². The van der Waals surface area contributed by atoms with E-state index in [2.05, 4.69) is 18.7 Å². The van der Waals surface area contributed by atoms with Crippen LogP contribution in [0.15, 0.2) is 35.9 Å². The highest BCUT2D eigenvalue weighted by Gasteiger charge is 2.67. The van der Waals surface area contributed by atoms with Crippen molar-refractivity contribution in [3.63, 3.8) is 0 Å². The van der Waals surface area contributed by atoms with E-state index in [0.29, 0.717) is 35.8 Å². The minimum absolute atomic E-state index is 0.0387. The van der Waals surface area contributed by atoms with Crippen LogP contribution in [-0.2, 0) is 25.8 Å². The molecule has 6 atom stereocenters. The maximum Gasteiger partial charge on any atom is 0.339 e. The second kappa shape index (κ2) is 9.07. The van der Waals surface area contributed by atoms with Crippen molar-refractivity contribution >= 4 is 17.5 Å². The standard InChI is InChI=1S/C29H35NO7/c1-18(31)29(37-26(33)20-6-4-19(5-7-20)17-36-30(34)35)15-12-25-23-9-8-21-16-22(32)10-13-27(21,2)24(23)11-14-28(25,29)3/h4-7,16,23-25H,8-15,17H2,1-3H3/t23-,24+,25+,27+,28+,29-/m1/s1. The van der Waals surface area contributed by atoms with Crippen molar-refractivity contribution in [1.82, 2.24) is 0 Å². The zero-order chi connectivity index (χ0) is 26.6. The molecular formula is C29H35NO7. The van der Waals surface area contributed by atoms with Crippen LogP contribution in [0.2, 0.25) is 0 Å². The molecule has 0 heterocycles. The summed E-state index contributed by atoms with van der Waals surface area (Å²) in [5, 5.41) is 9.58. The van der Waals surface area contributed by atoms with Crippen LogP contribution >= 0.6 is 0 Å². The molecule has 0 bridgehead atoms. The van der Waals surface area contributed by atoms with Crippen molar-refractivity contribution < 1.29 is 29.0 Å². The molecule has 4 aliphatic rings. The molecule has 1 aromatic rings. The maximum absolute atomic E-state index is 13.3. The highest BCUT2D eigenvalue weighted by Crippen LogP contribution is 2.68. The fraction of sp³-hybridized carbons (Fsp3) is 0.621. The Bertz CT molecular complexity index is 1170. The Morgan fingerprint density at radius 2 is 1.73 bits per heavy atom. The molecule has 0 aromatic heterocycles. The molecule has 0 spiro atoms. The number of fused-ring (bicyclic) bond motifs is 5. The number of allylic oxidation sites excluding steroid dienone is 1. The quantitative estimate of drug-likeness (QED) is 0.286. The van der Waals surface area contributed by atoms with Gasteiger partial charge < -0.3 is 9.57 Å². The second-order valence-electron chi connectivity index (χ2n) is 11.9. The van der Waals surface area contributed by atoms with Crippen molar-refractivity contribution in [1.29, 1.82) is 0 Å². The SMILES string of the molecule is CC(=O)[C@]1(OC(=O)c2ccc(CO[N+](=O)[O-])cc2)CC[C@H]2[C@@H]3CCC4=CC(=O)CC[C@]4(C)[C@H]3CC[C@@]21C. The molecule has 0 amide bonds. The Kier molecular flexibility index (Phi) is 6.28. The number of Topliss-reactive ketones (excluding diaryl/α,β-unsaturated/α-hetero) is 1. The average Bonchev–Trinajstić information content (AvgIpc) is 3.16. The van der Waals surface area contributed by atoms with Gasteiger partial charge in [0.2, 0.25) is 0 Å². The Labute approximate surface area is 216 Å². The van der Waals surface area contributed by atoms with Crippen LogP contribution in [0, 0.1) is 38.7 Å². The molecular weight excluding hydrogens is 474 g/mol. The summed E-state index contributed by atoms with van der Waals surface area (Å²) in [6.45, 7) is 5.82. The Hall–Kier alpha value is -3.03. The molecule has 0 saturated heterocycles. The summed E-state index contributed by atoms with van der Waals surface area (Å²) in [6.07, 6.45) is 8.47. The first-order chi connectivity index (χ1) is 17.5. The molecule has 3 fully saturated rings. The van der Waals surface area contributed by atoms with Gasteiger partial charge in [0.25, 0.3) is 5.09 Å². The predicted octanol–water partition coefficient (Wildman–Crippen LogP) is 5.41. The van der Waals surface area contributed by atoms with Crippen LogP contribution in [0.1, 0.15) is 88.1 Å². The van der Waals surface area contributed by atoms with Crippen molar-refractivity contribution in [2.45, 2.75) is 84.3 Å². The van der Waals surface area contributed by atoms with E-state index in [1.807, 2.05) is 6.08 Å². The highest BCUT2D eigenvalue weighted by atomic mass is 16.9. The van der Waals surface area contributed by atoms with Gasteiger partial charge in [-0.3, -0.25) is 9.59 Å². The first-order valence-electron chi connectivity index (χ1n) is 13.3. The minimum Gasteiger partial charge on any atom is -0.447 e. The summed E-state index contributed by atoms with van der Waals surface area (Å²) in [4.78, 5) is 53.5. The monoisotopic (exact) mass is 509 g/mol. The first kappa shape index (κ1) is 25.6. The molecule has 3 saturated carbocycles. The normalized spacial score (nSPS) is 36.5. The third kappa shape index (κ3) is 3.99. The third-order valence-electron chi connectivity index (χ3n) is 10.4. The number of esters is 1. The van der Waals surface area contributed by atoms with Gasteiger partial charge in [-0.15, -0.1) is 10.1 Å². The molecule has 0 N–H and O–H groups in total. The number of hydrogen-bond donors (Lipinski definition) is 0. The van der Waals surface area contributed by atoms with Gasteiger partial charge in [0.1, 0.15) is 6.61 Å². The Morgan fingerprint density at radius 3 is 2.41 bits per heavy atom. The van der Waals surface area contributed by atoms with Gasteiger partial charge in [0, 0.05) is 11.8 Å². The number of benzene rings is 1. The van der Waals surface area contributed by atoms with Crippen LogP contribution < -0.4 is 0 Å². The van der Waals surface area contributed by atoms with E-state index < -0.39 is 22.1 Å². The molecule has 198 valence electrons. The van der Waals surface area contributed by atoms with Crippen molar-refractivity contribution in [3.05, 3.63) is 57.2 Å². The summed E-state index contributed by atoms with van der Waals surface area (Å²) in [5.41, 5.74) is 0.589. The second-order valence-corrected chi connectivity index (χ2v) is 11.9. The van der Waals surface area contributed by atoms with Gasteiger partial charge in [0.05, 0.1) is 5.56 Å². The lowest BCUT2D eigenvalue weighted by atomic mass is 9.46. The molecule has 0 aliphatic heterocycles. The van der Waals surface area contributed by atoms with E-state index in [-0.39, 0.29) is 29.5 Å². The fourth-order valence-corrected chi connectivity index (χ4v) is 8.46. The zero-order valence-corrected chi connectivity index (χ0v) is 21.8. The van der Waals surface area contributed by atoms with Gasteiger partial charge >= 0.3 is 5.97 Å². The molecule has 37 heavy (non-hydrogen) atoms. The number of ketones is 2. The topological polar surface area (TPSA) is 113 Å². The van der Waals surface area contributed by atoms with E-state index in [1.165, 1.54) is 5.57 Å². The summed E-state index contributed by atoms with van der Waals surface area (Å²) in [7, 11) is 0. The molecule has 1 aromatic carbocycles. The van der Waals surface area contributed by atoms with Gasteiger partial charge in [-0.1, -0.05) is 31.6 Å². The van der Waals surface area contributed by atoms with Gasteiger partial charge in [-0.2, -0.15) is 0 Å². The lowest BCUT2D eigenvalue weighted by Gasteiger charge is -2.59. The molecule has 0 radical (unpaired) electrons. The van der Waals surface area contributed by atoms with E-state index in [4.69, 9.17) is 4.74 Å². The van der Waals surface area contributed by atoms with Gasteiger partial charge in [0.15, 0.2) is 17.2 Å². The van der Waals surface area contributed by atoms with Gasteiger partial charge in [-0.25, -0.2) is 4.79 Å². The molecule has 5 rings (SSSR count). The summed E-state index contributed by atoms with van der Waals surface area (Å²) in [5.74, 6) is 0.786. The van der Waals surface area contributed by atoms with Gasteiger partial charge in [-0.05, 0) is 98.8 Å². The number of carbonyl (C=O) groups excluding carboxylic acids is 3. The fourth-order valence-electron chi connectivity index (χ4n) is 8.46. The van der Waals surface area contributed by atoms with E-state index in [1.54, 1.807) is 31.2 Å². The van der Waals surface area contributed by atoms with Crippen molar-refractivity contribution in [2.75, 3.05) is 0 Å². The number of ether oxygens (including phenoxy) is 1. The lowest BCUT2D eigenvalue weighted by Crippen LogP contribution is -2.58. The number of hydrogen-bond acceptors (Lipinski definition) is 7.